The quantitative estimate of drug-likeness (QED) is 0.156. The lowest BCUT2D eigenvalue weighted by molar-refractivity contribution is -0.667. The molecule has 46 heavy (non-hydrogen) atoms. The van der Waals surface area contributed by atoms with Crippen LogP contribution in [-0.2, 0) is 30.3 Å². The number of nitrogens with zero attached hydrogens (tertiary/aromatic N) is 2. The largest absolute Gasteiger partial charge is 0.336 e. The average Bonchev–Trinajstić information content (AvgIpc) is 2.99. The number of hydrogen-bond acceptors (Lipinski definition) is 0. The van der Waals surface area contributed by atoms with E-state index < -0.39 is 8.07 Å². The van der Waals surface area contributed by atoms with Crippen molar-refractivity contribution in [3.8, 4) is 0 Å². The first-order valence-electron chi connectivity index (χ1n) is 16.7. The van der Waals surface area contributed by atoms with E-state index in [0.29, 0.717) is 0 Å². The molecule has 5 aromatic rings. The van der Waals surface area contributed by atoms with Gasteiger partial charge in [-0.15, -0.1) is 0 Å². The number of benzene rings is 3. The van der Waals surface area contributed by atoms with E-state index in [4.69, 9.17) is 0 Å². The van der Waals surface area contributed by atoms with Gasteiger partial charge in [-0.3, -0.25) is 0 Å². The smallest absolute Gasteiger partial charge is 0.209 e. The first-order chi connectivity index (χ1) is 21.5. The molecular weight excluding hydrogens is 573 g/mol. The fourth-order valence-electron chi connectivity index (χ4n) is 7.41. The van der Waals surface area contributed by atoms with E-state index in [2.05, 4.69) is 202 Å². The van der Waals surface area contributed by atoms with Crippen molar-refractivity contribution in [3.05, 3.63) is 143 Å². The molecule has 0 aliphatic heterocycles. The molecule has 0 saturated heterocycles. The summed E-state index contributed by atoms with van der Waals surface area (Å²) in [4.78, 5) is 0. The summed E-state index contributed by atoms with van der Waals surface area (Å²) in [6.07, 6.45) is 2.30. The summed E-state index contributed by atoms with van der Waals surface area (Å²) in [5, 5.41) is 5.62. The summed E-state index contributed by atoms with van der Waals surface area (Å²) in [7, 11) is 1.62. The van der Waals surface area contributed by atoms with Crippen LogP contribution in [0.2, 0.25) is 0 Å². The molecule has 0 aliphatic carbocycles. The highest BCUT2D eigenvalue weighted by Crippen LogP contribution is 2.34. The first kappa shape index (κ1) is 33.5. The van der Waals surface area contributed by atoms with Crippen LogP contribution in [0, 0.1) is 13.8 Å². The molecule has 2 aromatic heterocycles. The number of pyridine rings is 2. The third kappa shape index (κ3) is 5.79. The predicted octanol–water partition coefficient (Wildman–Crippen LogP) is 6.25. The lowest BCUT2D eigenvalue weighted by atomic mass is 9.77. The van der Waals surface area contributed by atoms with Gasteiger partial charge in [-0.25, -0.2) is 9.13 Å². The molecule has 2 nitrogen and oxygen atoms in total. The van der Waals surface area contributed by atoms with Crippen LogP contribution in [0.25, 0.3) is 0 Å². The van der Waals surface area contributed by atoms with E-state index in [1.54, 1.807) is 0 Å². The van der Waals surface area contributed by atoms with E-state index in [0.717, 1.165) is 0 Å². The van der Waals surface area contributed by atoms with Crippen molar-refractivity contribution in [3.63, 3.8) is 0 Å². The second kappa shape index (κ2) is 12.1. The van der Waals surface area contributed by atoms with Crippen LogP contribution >= 0.6 is 0 Å². The summed E-state index contributed by atoms with van der Waals surface area (Å²) >= 11 is 0. The predicted molar refractivity (Wildman–Crippen MR) is 198 cm³/mol. The molecule has 0 N–H and O–H groups in total. The number of aromatic nitrogens is 2. The number of hydrogen-bond donors (Lipinski definition) is 0. The molecule has 2 heterocycles. The molecule has 1 atom stereocenters. The molecule has 0 saturated carbocycles. The van der Waals surface area contributed by atoms with Crippen molar-refractivity contribution in [1.82, 2.24) is 0 Å². The van der Waals surface area contributed by atoms with Gasteiger partial charge in [0, 0.05) is 24.3 Å². The summed E-state index contributed by atoms with van der Waals surface area (Å²) in [5.74, 6) is 0. The van der Waals surface area contributed by atoms with Gasteiger partial charge >= 0.3 is 8.07 Å². The maximum Gasteiger partial charge on any atom is 0.336 e. The van der Waals surface area contributed by atoms with Gasteiger partial charge in [0.1, 0.15) is 14.1 Å². The molecule has 0 radical (unpaired) electrons. The summed E-state index contributed by atoms with van der Waals surface area (Å²) in [6.45, 7) is 23.4. The highest BCUT2D eigenvalue weighted by atomic mass is 28.3. The van der Waals surface area contributed by atoms with Crippen LogP contribution in [-0.4, -0.2) is 8.07 Å². The van der Waals surface area contributed by atoms with Crippen molar-refractivity contribution in [2.24, 2.45) is 14.1 Å². The minimum Gasteiger partial charge on any atom is -0.209 e. The van der Waals surface area contributed by atoms with Crippen molar-refractivity contribution in [2.45, 2.75) is 85.5 Å². The van der Waals surface area contributed by atoms with Gasteiger partial charge < -0.3 is 0 Å². The molecule has 0 bridgehead atoms. The molecule has 0 amide bonds. The fraction of sp³-hybridized carbons (Fsp3) is 0.349. The fourth-order valence-corrected chi connectivity index (χ4v) is 12.8. The Hall–Kier alpha value is -3.82. The molecule has 5 rings (SSSR count). The Balaban J connectivity index is 2.07. The molecule has 0 fully saturated rings. The van der Waals surface area contributed by atoms with Crippen LogP contribution in [0.15, 0.2) is 109 Å². The SMILES string of the molecule is Cc1ccccc1C(C)(C)c1cc(C(C)(C)C)cc([Si](c2ccccc2)(c2ccccc2C)c2cc(C(C)(C)C)cc[n+]2C)[n+]1C. The van der Waals surface area contributed by atoms with Crippen LogP contribution in [0.1, 0.15) is 88.9 Å². The zero-order chi connectivity index (χ0) is 33.7. The van der Waals surface area contributed by atoms with Gasteiger partial charge in [-0.2, -0.15) is 0 Å². The molecule has 3 aromatic carbocycles. The second-order valence-corrected chi connectivity index (χ2v) is 19.5. The Morgan fingerprint density at radius 3 is 1.67 bits per heavy atom. The Morgan fingerprint density at radius 2 is 1.09 bits per heavy atom. The topological polar surface area (TPSA) is 7.76 Å². The molecule has 3 heteroatoms. The van der Waals surface area contributed by atoms with E-state index >= 15 is 0 Å². The van der Waals surface area contributed by atoms with Crippen LogP contribution < -0.4 is 30.1 Å². The highest BCUT2D eigenvalue weighted by Gasteiger charge is 2.56. The van der Waals surface area contributed by atoms with Crippen molar-refractivity contribution in [2.75, 3.05) is 0 Å². The second-order valence-electron chi connectivity index (χ2n) is 15.9. The van der Waals surface area contributed by atoms with Crippen LogP contribution in [0.5, 0.6) is 0 Å². The van der Waals surface area contributed by atoms with E-state index in [9.17, 15) is 0 Å². The monoisotopic (exact) mass is 626 g/mol. The standard InChI is InChI=1S/C43H54N2Si/c1-31-20-16-18-24-36(31)43(9,10)38-28-34(42(6,7)8)30-40(45(38)12)46(35-22-14-13-15-23-35,37-25-19-17-21-32(37)2)39-29-33(41(3,4)5)26-27-44(39)11/h13-30H,1-12H3/q+2. The lowest BCUT2D eigenvalue weighted by Gasteiger charge is -2.34. The van der Waals surface area contributed by atoms with Gasteiger partial charge in [0.15, 0.2) is 22.5 Å². The van der Waals surface area contributed by atoms with Gasteiger partial charge in [0.2, 0.25) is 0 Å². The lowest BCUT2D eigenvalue weighted by Crippen LogP contribution is -2.86. The molecule has 1 unspecified atom stereocenters. The summed E-state index contributed by atoms with van der Waals surface area (Å²) in [6, 6.07) is 39.3. The summed E-state index contributed by atoms with van der Waals surface area (Å²) < 4.78 is 4.99. The van der Waals surface area contributed by atoms with Gasteiger partial charge in [0.05, 0.1) is 5.41 Å². The molecule has 0 aliphatic rings. The molecular formula is C43H54N2Si+2. The van der Waals surface area contributed by atoms with Crippen LogP contribution in [0.3, 0.4) is 0 Å². The highest BCUT2D eigenvalue weighted by molar-refractivity contribution is 7.18. The van der Waals surface area contributed by atoms with E-state index in [1.165, 1.54) is 54.5 Å². The van der Waals surface area contributed by atoms with Gasteiger partial charge in [-0.1, -0.05) is 126 Å². The zero-order valence-corrected chi connectivity index (χ0v) is 31.3. The molecule has 0 spiro atoms. The van der Waals surface area contributed by atoms with Crippen molar-refractivity contribution < 1.29 is 9.13 Å². The minimum absolute atomic E-state index is 0.0129. The van der Waals surface area contributed by atoms with Crippen molar-refractivity contribution >= 4 is 29.1 Å². The first-order valence-corrected chi connectivity index (χ1v) is 18.7. The van der Waals surface area contributed by atoms with E-state index in [-0.39, 0.29) is 16.2 Å². The van der Waals surface area contributed by atoms with Gasteiger partial charge in [0.25, 0.3) is 0 Å². The third-order valence-corrected chi connectivity index (χ3v) is 15.3. The maximum atomic E-state index is 2.58. The maximum absolute atomic E-state index is 2.95. The third-order valence-electron chi connectivity index (χ3n) is 10.2. The number of rotatable bonds is 6. The normalized spacial score (nSPS) is 13.8. The Labute approximate surface area is 279 Å². The number of aryl methyl sites for hydroxylation is 3. The van der Waals surface area contributed by atoms with E-state index in [1.807, 2.05) is 0 Å². The Kier molecular flexibility index (Phi) is 8.81. The van der Waals surface area contributed by atoms with Gasteiger partial charge in [-0.05, 0) is 71.2 Å². The zero-order valence-electron chi connectivity index (χ0n) is 30.3. The summed E-state index contributed by atoms with van der Waals surface area (Å²) in [5.41, 5.74) is 7.83. The Morgan fingerprint density at radius 1 is 0.543 bits per heavy atom. The molecule has 238 valence electrons. The van der Waals surface area contributed by atoms with Crippen molar-refractivity contribution in [1.29, 1.82) is 0 Å². The Bertz CT molecular complexity index is 1870. The van der Waals surface area contributed by atoms with Crippen LogP contribution in [0.4, 0.5) is 0 Å². The minimum atomic E-state index is -2.95. The average molecular weight is 627 g/mol.